The Balaban J connectivity index is 2.50. The van der Waals surface area contributed by atoms with E-state index in [0.29, 0.717) is 5.84 Å². The van der Waals surface area contributed by atoms with Crippen LogP contribution in [0.5, 0.6) is 0 Å². The molecule has 0 aromatic carbocycles. The summed E-state index contributed by atoms with van der Waals surface area (Å²) in [6.45, 7) is 2.51. The first kappa shape index (κ1) is 8.20. The molecule has 0 saturated heterocycles. The van der Waals surface area contributed by atoms with Crippen LogP contribution < -0.4 is 0 Å². The van der Waals surface area contributed by atoms with Crippen LogP contribution >= 0.6 is 11.3 Å². The second-order valence-corrected chi connectivity index (χ2v) is 3.35. The molecular weight excluding hydrogens is 158 g/mol. The highest BCUT2D eigenvalue weighted by Crippen LogP contribution is 2.06. The molecule has 0 bridgehead atoms. The average molecular weight is 169 g/mol. The smallest absolute Gasteiger partial charge is 0.112 e. The van der Waals surface area contributed by atoms with Gasteiger partial charge in [0.2, 0.25) is 0 Å². The fourth-order valence-electron chi connectivity index (χ4n) is 0.653. The van der Waals surface area contributed by atoms with Crippen molar-refractivity contribution in [3.8, 4) is 0 Å². The van der Waals surface area contributed by atoms with E-state index < -0.39 is 0 Å². The van der Waals surface area contributed by atoms with Crippen molar-refractivity contribution in [1.82, 2.24) is 9.88 Å². The number of nitrogens with one attached hydrogen (secondary N) is 1. The standard InChI is InChI=1S/C7H11N3S/c1-6(8)10(2)5-7-9-3-4-11-7/h3-4,8H,5H2,1-2H3. The van der Waals surface area contributed by atoms with Crippen molar-refractivity contribution in [3.63, 3.8) is 0 Å². The zero-order valence-electron chi connectivity index (χ0n) is 6.66. The fraction of sp³-hybridized carbons (Fsp3) is 0.429. The van der Waals surface area contributed by atoms with Crippen molar-refractivity contribution < 1.29 is 0 Å². The Morgan fingerprint density at radius 1 is 1.82 bits per heavy atom. The molecule has 1 aromatic rings. The topological polar surface area (TPSA) is 40.0 Å². The molecule has 0 aliphatic carbocycles. The van der Waals surface area contributed by atoms with Crippen molar-refractivity contribution in [3.05, 3.63) is 16.6 Å². The Hall–Kier alpha value is -0.900. The first-order chi connectivity index (χ1) is 5.20. The largest absolute Gasteiger partial charge is 0.357 e. The van der Waals surface area contributed by atoms with E-state index in [0.717, 1.165) is 11.6 Å². The SMILES string of the molecule is CC(=N)N(C)Cc1nccs1. The summed E-state index contributed by atoms with van der Waals surface area (Å²) in [5, 5.41) is 10.3. The van der Waals surface area contributed by atoms with Gasteiger partial charge in [-0.1, -0.05) is 0 Å². The normalized spacial score (nSPS) is 9.64. The Morgan fingerprint density at radius 2 is 2.55 bits per heavy atom. The average Bonchev–Trinajstić information content (AvgIpc) is 2.39. The second-order valence-electron chi connectivity index (χ2n) is 2.37. The van der Waals surface area contributed by atoms with E-state index in [1.165, 1.54) is 0 Å². The summed E-state index contributed by atoms with van der Waals surface area (Å²) in [6, 6.07) is 0. The molecule has 0 fully saturated rings. The van der Waals surface area contributed by atoms with Gasteiger partial charge < -0.3 is 4.90 Å². The summed E-state index contributed by atoms with van der Waals surface area (Å²) in [4.78, 5) is 5.98. The molecule has 0 spiro atoms. The van der Waals surface area contributed by atoms with Crippen LogP contribution in [-0.2, 0) is 6.54 Å². The minimum Gasteiger partial charge on any atom is -0.357 e. The van der Waals surface area contributed by atoms with E-state index in [9.17, 15) is 0 Å². The van der Waals surface area contributed by atoms with Gasteiger partial charge in [0, 0.05) is 18.6 Å². The van der Waals surface area contributed by atoms with Crippen LogP contribution in [0.1, 0.15) is 11.9 Å². The van der Waals surface area contributed by atoms with Crippen molar-refractivity contribution in [1.29, 1.82) is 5.41 Å². The number of hydrogen-bond donors (Lipinski definition) is 1. The lowest BCUT2D eigenvalue weighted by Crippen LogP contribution is -2.22. The predicted molar refractivity (Wildman–Crippen MR) is 47.0 cm³/mol. The van der Waals surface area contributed by atoms with Gasteiger partial charge >= 0.3 is 0 Å². The number of rotatable bonds is 2. The number of thiazole rings is 1. The molecule has 0 amide bonds. The lowest BCUT2D eigenvalue weighted by Gasteiger charge is -2.14. The molecule has 1 aromatic heterocycles. The molecular formula is C7H11N3S. The third kappa shape index (κ3) is 2.31. The summed E-state index contributed by atoms with van der Waals surface area (Å²) in [6.07, 6.45) is 1.78. The van der Waals surface area contributed by atoms with Crippen molar-refractivity contribution in [2.45, 2.75) is 13.5 Å². The zero-order chi connectivity index (χ0) is 8.27. The maximum absolute atomic E-state index is 7.31. The van der Waals surface area contributed by atoms with Crippen molar-refractivity contribution in [2.75, 3.05) is 7.05 Å². The van der Waals surface area contributed by atoms with E-state index in [1.54, 1.807) is 24.5 Å². The molecule has 1 rings (SSSR count). The molecule has 4 heteroatoms. The van der Waals surface area contributed by atoms with Gasteiger partial charge in [-0.2, -0.15) is 0 Å². The van der Waals surface area contributed by atoms with Crippen LogP contribution in [0.25, 0.3) is 0 Å². The first-order valence-electron chi connectivity index (χ1n) is 3.35. The summed E-state index contributed by atoms with van der Waals surface area (Å²) in [5.74, 6) is 0.570. The number of nitrogens with zero attached hydrogens (tertiary/aromatic N) is 2. The minimum absolute atomic E-state index is 0.570. The quantitative estimate of drug-likeness (QED) is 0.539. The highest BCUT2D eigenvalue weighted by atomic mass is 32.1. The minimum atomic E-state index is 0.570. The molecule has 0 unspecified atom stereocenters. The van der Waals surface area contributed by atoms with E-state index in [4.69, 9.17) is 5.41 Å². The molecule has 1 N–H and O–H groups in total. The van der Waals surface area contributed by atoms with E-state index >= 15 is 0 Å². The van der Waals surface area contributed by atoms with Crippen LogP contribution in [0, 0.1) is 5.41 Å². The number of aromatic nitrogens is 1. The lowest BCUT2D eigenvalue weighted by atomic mass is 10.5. The van der Waals surface area contributed by atoms with Gasteiger partial charge in [0.15, 0.2) is 0 Å². The Labute approximate surface area is 70.2 Å². The molecule has 0 atom stereocenters. The maximum atomic E-state index is 7.31. The molecule has 0 aliphatic rings. The molecule has 0 aliphatic heterocycles. The molecule has 60 valence electrons. The number of amidine groups is 1. The van der Waals surface area contributed by atoms with Gasteiger partial charge in [0.05, 0.1) is 12.4 Å². The molecule has 11 heavy (non-hydrogen) atoms. The van der Waals surface area contributed by atoms with Crippen molar-refractivity contribution in [2.24, 2.45) is 0 Å². The van der Waals surface area contributed by atoms with Gasteiger partial charge in [0.1, 0.15) is 5.01 Å². The fourth-order valence-corrected chi connectivity index (χ4v) is 1.32. The third-order valence-electron chi connectivity index (χ3n) is 1.43. The van der Waals surface area contributed by atoms with Gasteiger partial charge in [-0.05, 0) is 6.92 Å². The second kappa shape index (κ2) is 3.48. The molecule has 1 heterocycles. The van der Waals surface area contributed by atoms with Gasteiger partial charge in [-0.25, -0.2) is 4.98 Å². The molecule has 0 radical (unpaired) electrons. The Morgan fingerprint density at radius 3 is 3.00 bits per heavy atom. The zero-order valence-corrected chi connectivity index (χ0v) is 7.48. The lowest BCUT2D eigenvalue weighted by molar-refractivity contribution is 0.492. The van der Waals surface area contributed by atoms with Crippen LogP contribution in [0.2, 0.25) is 0 Å². The van der Waals surface area contributed by atoms with Crippen LogP contribution in [0.3, 0.4) is 0 Å². The molecule has 3 nitrogen and oxygen atoms in total. The van der Waals surface area contributed by atoms with E-state index in [1.807, 2.05) is 17.3 Å². The highest BCUT2D eigenvalue weighted by molar-refractivity contribution is 7.09. The third-order valence-corrected chi connectivity index (χ3v) is 2.19. The maximum Gasteiger partial charge on any atom is 0.112 e. The summed E-state index contributed by atoms with van der Waals surface area (Å²) < 4.78 is 0. The summed E-state index contributed by atoms with van der Waals surface area (Å²) in [5.41, 5.74) is 0. The first-order valence-corrected chi connectivity index (χ1v) is 4.23. The van der Waals surface area contributed by atoms with E-state index in [2.05, 4.69) is 4.98 Å². The van der Waals surface area contributed by atoms with Gasteiger partial charge in [0.25, 0.3) is 0 Å². The summed E-state index contributed by atoms with van der Waals surface area (Å²) in [7, 11) is 1.89. The molecule has 0 saturated carbocycles. The Bertz CT molecular complexity index is 230. The van der Waals surface area contributed by atoms with Gasteiger partial charge in [-0.15, -0.1) is 11.3 Å². The predicted octanol–water partition coefficient (Wildman–Crippen LogP) is 1.57. The van der Waals surface area contributed by atoms with E-state index in [-0.39, 0.29) is 0 Å². The summed E-state index contributed by atoms with van der Waals surface area (Å²) >= 11 is 1.62. The number of hydrogen-bond acceptors (Lipinski definition) is 3. The van der Waals surface area contributed by atoms with Crippen LogP contribution in [-0.4, -0.2) is 22.8 Å². The van der Waals surface area contributed by atoms with Crippen LogP contribution in [0.4, 0.5) is 0 Å². The highest BCUT2D eigenvalue weighted by Gasteiger charge is 2.01. The van der Waals surface area contributed by atoms with Crippen LogP contribution in [0.15, 0.2) is 11.6 Å². The van der Waals surface area contributed by atoms with Gasteiger partial charge in [-0.3, -0.25) is 5.41 Å². The van der Waals surface area contributed by atoms with Crippen molar-refractivity contribution >= 4 is 17.2 Å². The Kier molecular flexibility index (Phi) is 2.59. The monoisotopic (exact) mass is 169 g/mol.